The molecule has 1 saturated heterocycles. The molecule has 0 spiro atoms. The summed E-state index contributed by atoms with van der Waals surface area (Å²) in [6.45, 7) is 0.325. The number of benzene rings is 2. The first-order chi connectivity index (χ1) is 11.7. The molecule has 2 amide bonds. The highest BCUT2D eigenvalue weighted by Gasteiger charge is 2.54. The largest absolute Gasteiger partial charge is 0.271 e. The topological polar surface area (TPSA) is 65.3 Å². The van der Waals surface area contributed by atoms with E-state index in [9.17, 15) is 9.59 Å². The second-order valence-corrected chi connectivity index (χ2v) is 6.04. The minimum atomic E-state index is -0.791. The first-order valence-electron chi connectivity index (χ1n) is 7.50. The number of amides is 2. The number of carbonyl (C=O) groups is 2. The van der Waals surface area contributed by atoms with Crippen molar-refractivity contribution in [3.63, 3.8) is 0 Å². The lowest BCUT2D eigenvalue weighted by molar-refractivity contribution is -0.123. The van der Waals surface area contributed by atoms with Gasteiger partial charge in [0, 0.05) is 5.02 Å². The molecule has 2 aromatic rings. The number of imide groups is 1. The van der Waals surface area contributed by atoms with Gasteiger partial charge in [-0.2, -0.15) is 5.11 Å². The van der Waals surface area contributed by atoms with Crippen LogP contribution in [-0.2, 0) is 16.1 Å². The summed E-state index contributed by atoms with van der Waals surface area (Å²) >= 11 is 6.17. The van der Waals surface area contributed by atoms with Crippen molar-refractivity contribution in [2.45, 2.75) is 18.6 Å². The highest BCUT2D eigenvalue weighted by molar-refractivity contribution is 6.31. The number of nitrogens with zero attached hydrogens (tertiary/aromatic N) is 4. The molecule has 0 saturated carbocycles. The fraction of sp³-hybridized carbons (Fsp3) is 0.176. The molecule has 0 aromatic heterocycles. The van der Waals surface area contributed by atoms with Gasteiger partial charge in [-0.25, -0.2) is 4.90 Å². The van der Waals surface area contributed by atoms with Crippen molar-refractivity contribution < 1.29 is 9.59 Å². The van der Waals surface area contributed by atoms with Crippen LogP contribution in [0.3, 0.4) is 0 Å². The van der Waals surface area contributed by atoms with Gasteiger partial charge in [-0.05, 0) is 23.8 Å². The van der Waals surface area contributed by atoms with Crippen LogP contribution in [0.15, 0.2) is 64.9 Å². The Kier molecular flexibility index (Phi) is 3.54. The van der Waals surface area contributed by atoms with Crippen molar-refractivity contribution in [2.24, 2.45) is 10.3 Å². The second kappa shape index (κ2) is 5.72. The van der Waals surface area contributed by atoms with Crippen LogP contribution in [0.2, 0.25) is 5.02 Å². The van der Waals surface area contributed by atoms with E-state index >= 15 is 0 Å². The van der Waals surface area contributed by atoms with Gasteiger partial charge >= 0.3 is 0 Å². The van der Waals surface area contributed by atoms with Crippen molar-refractivity contribution in [3.05, 3.63) is 65.2 Å². The van der Waals surface area contributed by atoms with Gasteiger partial charge in [0.15, 0.2) is 12.1 Å². The molecule has 1 fully saturated rings. The maximum absolute atomic E-state index is 12.8. The molecule has 2 atom stereocenters. The third kappa shape index (κ3) is 2.27. The Bertz CT molecular complexity index is 839. The highest BCUT2D eigenvalue weighted by Crippen LogP contribution is 2.33. The Hall–Kier alpha value is -2.73. The number of rotatable bonds is 3. The fourth-order valence-corrected chi connectivity index (χ4v) is 3.18. The summed E-state index contributed by atoms with van der Waals surface area (Å²) in [7, 11) is 0. The predicted octanol–water partition coefficient (Wildman–Crippen LogP) is 2.83. The first kappa shape index (κ1) is 14.8. The van der Waals surface area contributed by atoms with Crippen LogP contribution in [0, 0.1) is 0 Å². The predicted molar refractivity (Wildman–Crippen MR) is 88.4 cm³/mol. The third-order valence-corrected chi connectivity index (χ3v) is 4.53. The summed E-state index contributed by atoms with van der Waals surface area (Å²) < 4.78 is 0. The number of carbonyl (C=O) groups excluding carboxylic acids is 2. The van der Waals surface area contributed by atoms with E-state index in [0.717, 1.165) is 5.56 Å². The standard InChI is InChI=1S/C17H13ClN4O2/c18-13-9-5-4-6-11(13)10-21-15-14(19-20-21)16(23)22(17(15)24)12-7-2-1-3-8-12/h1-9,14-15H,10H2/t14-,15-/m1/s1. The normalized spacial score (nSPS) is 22.4. The molecule has 0 N–H and O–H groups in total. The van der Waals surface area contributed by atoms with Crippen LogP contribution in [-0.4, -0.2) is 28.9 Å². The molecule has 6 nitrogen and oxygen atoms in total. The van der Waals surface area contributed by atoms with E-state index in [4.69, 9.17) is 11.6 Å². The monoisotopic (exact) mass is 340 g/mol. The maximum atomic E-state index is 12.8. The minimum absolute atomic E-state index is 0.312. The smallest absolute Gasteiger partial charge is 0.263 e. The molecular formula is C17H13ClN4O2. The molecular weight excluding hydrogens is 328 g/mol. The average Bonchev–Trinajstić information content (AvgIpc) is 3.11. The molecule has 24 heavy (non-hydrogen) atoms. The van der Waals surface area contributed by atoms with Gasteiger partial charge < -0.3 is 0 Å². The molecule has 2 aliphatic heterocycles. The Morgan fingerprint density at radius 2 is 1.67 bits per heavy atom. The highest BCUT2D eigenvalue weighted by atomic mass is 35.5. The van der Waals surface area contributed by atoms with Crippen molar-refractivity contribution >= 4 is 29.1 Å². The van der Waals surface area contributed by atoms with Crippen LogP contribution < -0.4 is 4.90 Å². The van der Waals surface area contributed by atoms with Gasteiger partial charge in [-0.15, -0.1) is 0 Å². The lowest BCUT2D eigenvalue weighted by Crippen LogP contribution is -2.39. The van der Waals surface area contributed by atoms with Crippen LogP contribution in [0.1, 0.15) is 5.56 Å². The van der Waals surface area contributed by atoms with Crippen LogP contribution in [0.4, 0.5) is 5.69 Å². The molecule has 2 aliphatic rings. The van der Waals surface area contributed by atoms with Crippen LogP contribution in [0.25, 0.3) is 0 Å². The zero-order chi connectivity index (χ0) is 16.7. The van der Waals surface area contributed by atoms with Crippen molar-refractivity contribution in [3.8, 4) is 0 Å². The number of para-hydroxylation sites is 1. The molecule has 0 radical (unpaired) electrons. The van der Waals surface area contributed by atoms with Gasteiger partial charge in [0.25, 0.3) is 11.8 Å². The van der Waals surface area contributed by atoms with E-state index in [0.29, 0.717) is 17.3 Å². The van der Waals surface area contributed by atoms with E-state index < -0.39 is 12.1 Å². The molecule has 0 aliphatic carbocycles. The van der Waals surface area contributed by atoms with Gasteiger partial charge in [-0.1, -0.05) is 53.2 Å². The van der Waals surface area contributed by atoms with E-state index in [2.05, 4.69) is 10.3 Å². The van der Waals surface area contributed by atoms with Crippen LogP contribution in [0.5, 0.6) is 0 Å². The molecule has 2 heterocycles. The summed E-state index contributed by atoms with van der Waals surface area (Å²) in [5.74, 6) is -0.658. The fourth-order valence-electron chi connectivity index (χ4n) is 2.99. The molecule has 2 aromatic carbocycles. The number of hydrogen-bond acceptors (Lipinski definition) is 5. The van der Waals surface area contributed by atoms with E-state index in [-0.39, 0.29) is 11.8 Å². The zero-order valence-corrected chi connectivity index (χ0v) is 13.3. The lowest BCUT2D eigenvalue weighted by atomic mass is 10.1. The number of anilines is 1. The summed E-state index contributed by atoms with van der Waals surface area (Å²) in [6.07, 6.45) is 0. The Morgan fingerprint density at radius 3 is 2.42 bits per heavy atom. The minimum Gasteiger partial charge on any atom is -0.271 e. The SMILES string of the molecule is O=C1[C@@H]2N=NN(Cc3ccccc3Cl)[C@H]2C(=O)N1c1ccccc1. The molecule has 120 valence electrons. The Balaban J connectivity index is 1.62. The summed E-state index contributed by atoms with van der Waals surface area (Å²) in [5, 5.41) is 10.2. The molecule has 0 unspecified atom stereocenters. The van der Waals surface area contributed by atoms with Crippen molar-refractivity contribution in [1.82, 2.24) is 5.01 Å². The first-order valence-corrected chi connectivity index (χ1v) is 7.88. The molecule has 7 heteroatoms. The maximum Gasteiger partial charge on any atom is 0.263 e. The zero-order valence-electron chi connectivity index (χ0n) is 12.5. The molecule has 0 bridgehead atoms. The number of fused-ring (bicyclic) bond motifs is 1. The number of hydrogen-bond donors (Lipinski definition) is 0. The summed E-state index contributed by atoms with van der Waals surface area (Å²) in [5.41, 5.74) is 1.38. The quantitative estimate of drug-likeness (QED) is 0.807. The summed E-state index contributed by atoms with van der Waals surface area (Å²) in [6, 6.07) is 14.7. The van der Waals surface area contributed by atoms with Gasteiger partial charge in [0.1, 0.15) is 0 Å². The Morgan fingerprint density at radius 1 is 0.958 bits per heavy atom. The lowest BCUT2D eigenvalue weighted by Gasteiger charge is -2.21. The van der Waals surface area contributed by atoms with E-state index in [1.54, 1.807) is 30.3 Å². The second-order valence-electron chi connectivity index (χ2n) is 5.63. The Labute approximate surface area is 143 Å². The van der Waals surface area contributed by atoms with E-state index in [1.165, 1.54) is 9.91 Å². The third-order valence-electron chi connectivity index (χ3n) is 4.16. The molecule has 4 rings (SSSR count). The average molecular weight is 341 g/mol. The van der Waals surface area contributed by atoms with Crippen molar-refractivity contribution in [1.29, 1.82) is 0 Å². The van der Waals surface area contributed by atoms with Crippen LogP contribution >= 0.6 is 11.6 Å². The number of halogens is 1. The summed E-state index contributed by atoms with van der Waals surface area (Å²) in [4.78, 5) is 26.5. The van der Waals surface area contributed by atoms with Crippen molar-refractivity contribution in [2.75, 3.05) is 4.90 Å². The van der Waals surface area contributed by atoms with Gasteiger partial charge in [0.2, 0.25) is 0 Å². The van der Waals surface area contributed by atoms with E-state index in [1.807, 2.05) is 24.3 Å². The van der Waals surface area contributed by atoms with Gasteiger partial charge in [-0.3, -0.25) is 14.6 Å². The van der Waals surface area contributed by atoms with Gasteiger partial charge in [0.05, 0.1) is 12.2 Å².